The summed E-state index contributed by atoms with van der Waals surface area (Å²) in [4.78, 5) is 9.19. The highest BCUT2D eigenvalue weighted by atomic mass is 16.3. The van der Waals surface area contributed by atoms with Crippen molar-refractivity contribution in [2.24, 2.45) is 0 Å². The Hall–Kier alpha value is -1.13. The smallest absolute Gasteiger partial charge is 0.128 e. The van der Waals surface area contributed by atoms with Gasteiger partial charge in [0.2, 0.25) is 0 Å². The highest BCUT2D eigenvalue weighted by molar-refractivity contribution is 5.39. The summed E-state index contributed by atoms with van der Waals surface area (Å²) in [5.74, 6) is 0.997. The monoisotopic (exact) mass is 279 g/mol. The molecule has 1 heterocycles. The van der Waals surface area contributed by atoms with Gasteiger partial charge >= 0.3 is 0 Å². The second-order valence-corrected chi connectivity index (χ2v) is 5.09. The number of hydrogen-bond acceptors (Lipinski definition) is 4. The molecule has 1 atom stereocenters. The number of anilines is 1. The van der Waals surface area contributed by atoms with Gasteiger partial charge in [-0.2, -0.15) is 0 Å². The number of aromatic nitrogens is 1. The highest BCUT2D eigenvalue weighted by Gasteiger charge is 2.08. The molecule has 0 saturated carbocycles. The third kappa shape index (κ3) is 5.10. The summed E-state index contributed by atoms with van der Waals surface area (Å²) in [7, 11) is 0. The molecule has 4 nitrogen and oxygen atoms in total. The first-order valence-corrected chi connectivity index (χ1v) is 7.73. The molecule has 1 aromatic heterocycles. The average Bonchev–Trinajstić information content (AvgIpc) is 2.48. The van der Waals surface area contributed by atoms with Crippen LogP contribution in [-0.2, 0) is 0 Å². The second-order valence-electron chi connectivity index (χ2n) is 5.09. The van der Waals surface area contributed by atoms with E-state index >= 15 is 0 Å². The molecular formula is C16H29N3O. The van der Waals surface area contributed by atoms with Crippen LogP contribution in [0.3, 0.4) is 0 Å². The number of aliphatic hydroxyl groups is 1. The highest BCUT2D eigenvalue weighted by Crippen LogP contribution is 2.16. The first-order valence-electron chi connectivity index (χ1n) is 7.73. The van der Waals surface area contributed by atoms with E-state index in [0.717, 1.165) is 50.5 Å². The lowest BCUT2D eigenvalue weighted by atomic mass is 10.2. The van der Waals surface area contributed by atoms with Crippen LogP contribution in [-0.4, -0.2) is 47.7 Å². The molecule has 0 bridgehead atoms. The molecule has 0 spiro atoms. The van der Waals surface area contributed by atoms with Crippen molar-refractivity contribution < 1.29 is 5.11 Å². The molecule has 0 fully saturated rings. The van der Waals surface area contributed by atoms with Crippen LogP contribution in [0.4, 0.5) is 5.82 Å². The number of pyridine rings is 1. The van der Waals surface area contributed by atoms with Crippen LogP contribution in [0.15, 0.2) is 18.3 Å². The second kappa shape index (κ2) is 8.93. The molecule has 0 aliphatic heterocycles. The zero-order valence-electron chi connectivity index (χ0n) is 13.3. The molecule has 0 saturated heterocycles. The van der Waals surface area contributed by atoms with E-state index in [2.05, 4.69) is 35.6 Å². The van der Waals surface area contributed by atoms with Crippen molar-refractivity contribution in [3.8, 4) is 0 Å². The van der Waals surface area contributed by atoms with E-state index in [0.29, 0.717) is 0 Å². The lowest BCUT2D eigenvalue weighted by molar-refractivity contribution is 0.199. The van der Waals surface area contributed by atoms with E-state index in [1.165, 1.54) is 0 Å². The van der Waals surface area contributed by atoms with E-state index < -0.39 is 6.10 Å². The van der Waals surface area contributed by atoms with Crippen molar-refractivity contribution in [1.82, 2.24) is 9.88 Å². The summed E-state index contributed by atoms with van der Waals surface area (Å²) in [6.45, 7) is 13.7. The fourth-order valence-corrected chi connectivity index (χ4v) is 2.29. The Balaban J connectivity index is 2.53. The predicted octanol–water partition coefficient (Wildman–Crippen LogP) is 2.69. The van der Waals surface area contributed by atoms with Crippen LogP contribution in [0.5, 0.6) is 0 Å². The van der Waals surface area contributed by atoms with Crippen LogP contribution in [0.25, 0.3) is 0 Å². The van der Waals surface area contributed by atoms with Crippen molar-refractivity contribution in [2.45, 2.75) is 40.2 Å². The van der Waals surface area contributed by atoms with E-state index in [1.807, 2.05) is 12.1 Å². The van der Waals surface area contributed by atoms with Gasteiger partial charge in [0, 0.05) is 19.3 Å². The molecule has 0 radical (unpaired) electrons. The van der Waals surface area contributed by atoms with Crippen molar-refractivity contribution in [2.75, 3.05) is 37.6 Å². The molecule has 20 heavy (non-hydrogen) atoms. The predicted molar refractivity (Wildman–Crippen MR) is 85.2 cm³/mol. The van der Waals surface area contributed by atoms with Gasteiger partial charge in [0.1, 0.15) is 5.82 Å². The minimum absolute atomic E-state index is 0.450. The van der Waals surface area contributed by atoms with Crippen molar-refractivity contribution in [1.29, 1.82) is 0 Å². The Labute approximate surface area is 123 Å². The maximum absolute atomic E-state index is 9.51. The van der Waals surface area contributed by atoms with Gasteiger partial charge in [0.15, 0.2) is 0 Å². The summed E-state index contributed by atoms with van der Waals surface area (Å²) < 4.78 is 0. The quantitative estimate of drug-likeness (QED) is 0.754. The number of nitrogens with zero attached hydrogens (tertiary/aromatic N) is 3. The van der Waals surface area contributed by atoms with Crippen LogP contribution in [0, 0.1) is 0 Å². The maximum Gasteiger partial charge on any atom is 0.128 e. The molecule has 0 aliphatic carbocycles. The van der Waals surface area contributed by atoms with Gasteiger partial charge in [0.25, 0.3) is 0 Å². The summed E-state index contributed by atoms with van der Waals surface area (Å²) in [6, 6.07) is 3.96. The van der Waals surface area contributed by atoms with Crippen LogP contribution >= 0.6 is 0 Å². The van der Waals surface area contributed by atoms with Crippen LogP contribution < -0.4 is 4.90 Å². The van der Waals surface area contributed by atoms with Gasteiger partial charge < -0.3 is 14.9 Å². The maximum atomic E-state index is 9.51. The number of hydrogen-bond donors (Lipinski definition) is 1. The normalized spacial score (nSPS) is 12.7. The molecule has 0 amide bonds. The lowest BCUT2D eigenvalue weighted by Crippen LogP contribution is -2.30. The molecule has 114 valence electrons. The topological polar surface area (TPSA) is 39.6 Å². The Morgan fingerprint density at radius 2 is 1.80 bits per heavy atom. The van der Waals surface area contributed by atoms with Crippen molar-refractivity contribution in [3.63, 3.8) is 0 Å². The molecule has 1 rings (SSSR count). The summed E-state index contributed by atoms with van der Waals surface area (Å²) in [5.41, 5.74) is 0.868. The van der Waals surface area contributed by atoms with Gasteiger partial charge in [-0.3, -0.25) is 0 Å². The molecule has 4 heteroatoms. The van der Waals surface area contributed by atoms with Gasteiger partial charge in [-0.15, -0.1) is 0 Å². The largest absolute Gasteiger partial charge is 0.389 e. The molecular weight excluding hydrogens is 250 g/mol. The van der Waals surface area contributed by atoms with E-state index in [-0.39, 0.29) is 0 Å². The molecule has 1 N–H and O–H groups in total. The Bertz CT molecular complexity index is 360. The van der Waals surface area contributed by atoms with Gasteiger partial charge in [-0.25, -0.2) is 4.98 Å². The minimum atomic E-state index is -0.450. The van der Waals surface area contributed by atoms with Crippen LogP contribution in [0.2, 0.25) is 0 Å². The van der Waals surface area contributed by atoms with Gasteiger partial charge in [0.05, 0.1) is 6.10 Å². The minimum Gasteiger partial charge on any atom is -0.389 e. The SMILES string of the molecule is CCN(CC)CCCN(CC)c1ccc([C@H](C)O)cn1. The van der Waals surface area contributed by atoms with Crippen molar-refractivity contribution in [3.05, 3.63) is 23.9 Å². The van der Waals surface area contributed by atoms with Gasteiger partial charge in [-0.1, -0.05) is 19.9 Å². The summed E-state index contributed by atoms with van der Waals surface area (Å²) >= 11 is 0. The first kappa shape index (κ1) is 16.9. The van der Waals surface area contributed by atoms with Gasteiger partial charge in [-0.05, 0) is 51.5 Å². The van der Waals surface area contributed by atoms with Crippen molar-refractivity contribution >= 4 is 5.82 Å². The van der Waals surface area contributed by atoms with Crippen LogP contribution in [0.1, 0.15) is 45.8 Å². The number of aliphatic hydroxyl groups excluding tert-OH is 1. The molecule has 1 aromatic rings. The number of rotatable bonds is 9. The Morgan fingerprint density at radius 1 is 1.10 bits per heavy atom. The Kier molecular flexibility index (Phi) is 7.55. The Morgan fingerprint density at radius 3 is 2.25 bits per heavy atom. The third-order valence-electron chi connectivity index (χ3n) is 3.76. The van der Waals surface area contributed by atoms with E-state index in [9.17, 15) is 5.11 Å². The molecule has 0 aromatic carbocycles. The third-order valence-corrected chi connectivity index (χ3v) is 3.76. The summed E-state index contributed by atoms with van der Waals surface area (Å²) in [6.07, 6.45) is 2.47. The zero-order valence-corrected chi connectivity index (χ0v) is 13.3. The fraction of sp³-hybridized carbons (Fsp3) is 0.688. The zero-order chi connectivity index (χ0) is 15.0. The standard InChI is InChI=1S/C16H29N3O/c1-5-18(6-2)11-8-12-19(7-3)16-10-9-15(13-17-16)14(4)20/h9-10,13-14,20H,5-8,11-12H2,1-4H3/t14-/m0/s1. The lowest BCUT2D eigenvalue weighted by Gasteiger charge is -2.24. The molecule has 0 aliphatic rings. The van der Waals surface area contributed by atoms with E-state index in [4.69, 9.17) is 0 Å². The summed E-state index contributed by atoms with van der Waals surface area (Å²) in [5, 5.41) is 9.51. The fourth-order valence-electron chi connectivity index (χ4n) is 2.29. The average molecular weight is 279 g/mol. The van der Waals surface area contributed by atoms with E-state index in [1.54, 1.807) is 13.1 Å². The molecule has 0 unspecified atom stereocenters. The first-order chi connectivity index (χ1) is 9.62.